The number of benzene rings is 1. The second kappa shape index (κ2) is 8.14. The maximum absolute atomic E-state index is 12.4. The second-order valence-electron chi connectivity index (χ2n) is 7.16. The molecule has 1 N–H and O–H groups in total. The third-order valence-electron chi connectivity index (χ3n) is 5.10. The molecule has 160 valence electrons. The molecular weight excluding hydrogens is 396 g/mol. The van der Waals surface area contributed by atoms with E-state index >= 15 is 0 Å². The maximum Gasteiger partial charge on any atom is 0.340 e. The van der Waals surface area contributed by atoms with Crippen molar-refractivity contribution in [3.8, 4) is 11.5 Å². The highest BCUT2D eigenvalue weighted by atomic mass is 16.5. The molecule has 0 bridgehead atoms. The summed E-state index contributed by atoms with van der Waals surface area (Å²) in [5.74, 6) is 0.800. The van der Waals surface area contributed by atoms with Crippen LogP contribution in [0.2, 0.25) is 0 Å². The standard InChI is InChI=1S/C23H24N4O4/c1-5-24-23(29)27-14(3)11-16-12-17(7-8-19(16)27)31-20-9-10-25-26-13-18(15(4)21(20)26)22(28)30-6-2/h7-13H,5-6H2,1-4H3,(H,24,29). The van der Waals surface area contributed by atoms with E-state index in [0.717, 1.165) is 22.2 Å². The molecule has 0 aliphatic carbocycles. The first-order chi connectivity index (χ1) is 14.9. The van der Waals surface area contributed by atoms with E-state index in [1.54, 1.807) is 34.5 Å². The minimum atomic E-state index is -0.389. The van der Waals surface area contributed by atoms with Crippen LogP contribution in [-0.4, -0.2) is 39.3 Å². The fourth-order valence-electron chi connectivity index (χ4n) is 3.74. The first-order valence-corrected chi connectivity index (χ1v) is 10.2. The average molecular weight is 420 g/mol. The first-order valence-electron chi connectivity index (χ1n) is 10.2. The smallest absolute Gasteiger partial charge is 0.340 e. The molecular formula is C23H24N4O4. The van der Waals surface area contributed by atoms with Gasteiger partial charge in [0.2, 0.25) is 0 Å². The quantitative estimate of drug-likeness (QED) is 0.482. The zero-order valence-corrected chi connectivity index (χ0v) is 17.9. The van der Waals surface area contributed by atoms with E-state index in [2.05, 4.69) is 10.4 Å². The summed E-state index contributed by atoms with van der Waals surface area (Å²) in [5.41, 5.74) is 3.53. The van der Waals surface area contributed by atoms with Gasteiger partial charge in [0.1, 0.15) is 11.3 Å². The van der Waals surface area contributed by atoms with E-state index in [1.807, 2.05) is 45.0 Å². The van der Waals surface area contributed by atoms with Crippen LogP contribution >= 0.6 is 0 Å². The Labute approximate surface area is 179 Å². The number of amides is 1. The number of fused-ring (bicyclic) bond motifs is 2. The van der Waals surface area contributed by atoms with Crippen LogP contribution in [0.25, 0.3) is 16.4 Å². The number of hydrogen-bond acceptors (Lipinski definition) is 5. The molecule has 4 rings (SSSR count). The van der Waals surface area contributed by atoms with Gasteiger partial charge in [-0.05, 0) is 57.5 Å². The van der Waals surface area contributed by atoms with Crippen molar-refractivity contribution in [2.24, 2.45) is 0 Å². The van der Waals surface area contributed by atoms with Crippen LogP contribution in [0, 0.1) is 13.8 Å². The molecule has 0 spiro atoms. The van der Waals surface area contributed by atoms with Crippen molar-refractivity contribution in [3.63, 3.8) is 0 Å². The number of carbonyl (C=O) groups is 2. The lowest BCUT2D eigenvalue weighted by Gasteiger charge is -2.10. The van der Waals surface area contributed by atoms with Crippen LogP contribution in [-0.2, 0) is 4.74 Å². The molecule has 1 amide bonds. The fraction of sp³-hybridized carbons (Fsp3) is 0.261. The molecule has 1 aromatic carbocycles. The molecule has 0 radical (unpaired) electrons. The topological polar surface area (TPSA) is 86.9 Å². The zero-order chi connectivity index (χ0) is 22.1. The molecule has 8 nitrogen and oxygen atoms in total. The Hall–Kier alpha value is -3.81. The number of ether oxygens (including phenoxy) is 2. The maximum atomic E-state index is 12.4. The van der Waals surface area contributed by atoms with Gasteiger partial charge in [0.15, 0.2) is 5.75 Å². The van der Waals surface area contributed by atoms with Crippen molar-refractivity contribution in [1.82, 2.24) is 19.5 Å². The van der Waals surface area contributed by atoms with Crippen molar-refractivity contribution >= 4 is 28.4 Å². The van der Waals surface area contributed by atoms with Gasteiger partial charge in [0.25, 0.3) is 0 Å². The third-order valence-corrected chi connectivity index (χ3v) is 5.10. The van der Waals surface area contributed by atoms with Crippen LogP contribution in [0.3, 0.4) is 0 Å². The van der Waals surface area contributed by atoms with Crippen LogP contribution in [0.15, 0.2) is 42.7 Å². The average Bonchev–Trinajstić information content (AvgIpc) is 3.25. The lowest BCUT2D eigenvalue weighted by Crippen LogP contribution is -2.28. The van der Waals surface area contributed by atoms with E-state index < -0.39 is 0 Å². The minimum Gasteiger partial charge on any atom is -0.462 e. The van der Waals surface area contributed by atoms with Crippen LogP contribution in [0.4, 0.5) is 4.79 Å². The van der Waals surface area contributed by atoms with Gasteiger partial charge in [-0.25, -0.2) is 14.1 Å². The SMILES string of the molecule is CCNC(=O)n1c(C)cc2cc(Oc3ccnn4cc(C(=O)OCC)c(C)c34)ccc21. The van der Waals surface area contributed by atoms with E-state index in [-0.39, 0.29) is 12.0 Å². The summed E-state index contributed by atoms with van der Waals surface area (Å²) in [4.78, 5) is 24.6. The molecule has 0 aliphatic heterocycles. The summed E-state index contributed by atoms with van der Waals surface area (Å²) in [6, 6.07) is 9.11. The van der Waals surface area contributed by atoms with E-state index in [0.29, 0.717) is 35.7 Å². The number of rotatable bonds is 5. The Kier molecular flexibility index (Phi) is 5.37. The molecule has 0 unspecified atom stereocenters. The van der Waals surface area contributed by atoms with Crippen molar-refractivity contribution in [2.75, 3.05) is 13.2 Å². The summed E-state index contributed by atoms with van der Waals surface area (Å²) in [7, 11) is 0. The number of hydrogen-bond donors (Lipinski definition) is 1. The van der Waals surface area contributed by atoms with Gasteiger partial charge in [-0.3, -0.25) is 4.57 Å². The predicted octanol–water partition coefficient (Wildman–Crippen LogP) is 4.45. The van der Waals surface area contributed by atoms with Gasteiger partial charge in [-0.2, -0.15) is 5.10 Å². The Balaban J connectivity index is 1.72. The van der Waals surface area contributed by atoms with E-state index in [4.69, 9.17) is 9.47 Å². The fourth-order valence-corrected chi connectivity index (χ4v) is 3.74. The molecule has 0 fully saturated rings. The van der Waals surface area contributed by atoms with Crippen LogP contribution < -0.4 is 10.1 Å². The van der Waals surface area contributed by atoms with E-state index in [1.165, 1.54) is 0 Å². The summed E-state index contributed by atoms with van der Waals surface area (Å²) >= 11 is 0. The lowest BCUT2D eigenvalue weighted by atomic mass is 10.2. The Bertz CT molecular complexity index is 1300. The van der Waals surface area contributed by atoms with Gasteiger partial charge in [0.05, 0.1) is 23.9 Å². The zero-order valence-electron chi connectivity index (χ0n) is 17.9. The van der Waals surface area contributed by atoms with Crippen molar-refractivity contribution < 1.29 is 19.1 Å². The summed E-state index contributed by atoms with van der Waals surface area (Å²) in [6.07, 6.45) is 3.26. The number of aryl methyl sites for hydroxylation is 2. The van der Waals surface area contributed by atoms with Crippen LogP contribution in [0.5, 0.6) is 11.5 Å². The summed E-state index contributed by atoms with van der Waals surface area (Å²) in [6.45, 7) is 8.25. The monoisotopic (exact) mass is 420 g/mol. The van der Waals surface area contributed by atoms with Gasteiger partial charge >= 0.3 is 12.0 Å². The summed E-state index contributed by atoms with van der Waals surface area (Å²) in [5, 5.41) is 8.01. The number of carbonyl (C=O) groups excluding carboxylic acids is 2. The normalized spacial score (nSPS) is 11.1. The highest BCUT2D eigenvalue weighted by Gasteiger charge is 2.19. The Morgan fingerprint density at radius 3 is 2.68 bits per heavy atom. The van der Waals surface area contributed by atoms with Gasteiger partial charge in [-0.1, -0.05) is 0 Å². The summed E-state index contributed by atoms with van der Waals surface area (Å²) < 4.78 is 14.6. The highest BCUT2D eigenvalue weighted by Crippen LogP contribution is 2.32. The Morgan fingerprint density at radius 2 is 1.94 bits per heavy atom. The molecule has 0 atom stereocenters. The van der Waals surface area contributed by atoms with Crippen molar-refractivity contribution in [3.05, 3.63) is 59.5 Å². The molecule has 8 heteroatoms. The largest absolute Gasteiger partial charge is 0.462 e. The predicted molar refractivity (Wildman–Crippen MR) is 117 cm³/mol. The molecule has 0 saturated carbocycles. The number of esters is 1. The third kappa shape index (κ3) is 3.61. The lowest BCUT2D eigenvalue weighted by molar-refractivity contribution is 0.0525. The van der Waals surface area contributed by atoms with Crippen molar-refractivity contribution in [2.45, 2.75) is 27.7 Å². The van der Waals surface area contributed by atoms with Crippen LogP contribution in [0.1, 0.15) is 35.5 Å². The molecule has 0 saturated heterocycles. The van der Waals surface area contributed by atoms with Gasteiger partial charge < -0.3 is 14.8 Å². The Morgan fingerprint density at radius 1 is 1.13 bits per heavy atom. The second-order valence-corrected chi connectivity index (χ2v) is 7.16. The van der Waals surface area contributed by atoms with Gasteiger partial charge in [0, 0.05) is 29.9 Å². The molecule has 3 aromatic heterocycles. The first kappa shape index (κ1) is 20.5. The molecule has 4 aromatic rings. The highest BCUT2D eigenvalue weighted by molar-refractivity contribution is 5.95. The molecule has 31 heavy (non-hydrogen) atoms. The van der Waals surface area contributed by atoms with Crippen molar-refractivity contribution in [1.29, 1.82) is 0 Å². The molecule has 3 heterocycles. The minimum absolute atomic E-state index is 0.158. The number of aromatic nitrogens is 3. The van der Waals surface area contributed by atoms with E-state index in [9.17, 15) is 9.59 Å². The number of nitrogens with one attached hydrogen (secondary N) is 1. The van der Waals surface area contributed by atoms with Gasteiger partial charge in [-0.15, -0.1) is 0 Å². The number of nitrogens with zero attached hydrogens (tertiary/aromatic N) is 3. The molecule has 0 aliphatic rings.